The standard InChI is InChI=1S/C14H18N2O/c1-16(2)13-6-3-5-12(9-13)10-15-11-14-7-4-8-17-14/h3-9,15H,10-11H2,1-2H3. The van der Waals surface area contributed by atoms with Gasteiger partial charge in [0.2, 0.25) is 0 Å². The molecule has 1 heterocycles. The first-order valence-electron chi connectivity index (χ1n) is 5.75. The minimum atomic E-state index is 0.763. The molecular weight excluding hydrogens is 212 g/mol. The normalized spacial score (nSPS) is 10.5. The summed E-state index contributed by atoms with van der Waals surface area (Å²) in [6.45, 7) is 1.61. The third kappa shape index (κ3) is 3.36. The van der Waals surface area contributed by atoms with Crippen LogP contribution in [0.2, 0.25) is 0 Å². The minimum absolute atomic E-state index is 0.763. The first-order chi connectivity index (χ1) is 8.25. The molecule has 0 bridgehead atoms. The molecule has 2 aromatic rings. The van der Waals surface area contributed by atoms with Gasteiger partial charge in [-0.05, 0) is 29.8 Å². The molecule has 0 amide bonds. The fourth-order valence-electron chi connectivity index (χ4n) is 1.69. The van der Waals surface area contributed by atoms with Crippen LogP contribution in [0.3, 0.4) is 0 Å². The van der Waals surface area contributed by atoms with Crippen molar-refractivity contribution in [3.63, 3.8) is 0 Å². The van der Waals surface area contributed by atoms with Crippen molar-refractivity contribution >= 4 is 5.69 Å². The van der Waals surface area contributed by atoms with E-state index >= 15 is 0 Å². The van der Waals surface area contributed by atoms with Crippen LogP contribution in [0.25, 0.3) is 0 Å². The molecule has 0 aliphatic heterocycles. The van der Waals surface area contributed by atoms with E-state index in [0.29, 0.717) is 0 Å². The Hall–Kier alpha value is -1.74. The molecule has 1 aromatic carbocycles. The van der Waals surface area contributed by atoms with E-state index in [9.17, 15) is 0 Å². The zero-order valence-corrected chi connectivity index (χ0v) is 10.3. The Kier molecular flexibility index (Phi) is 3.83. The molecule has 17 heavy (non-hydrogen) atoms. The summed E-state index contributed by atoms with van der Waals surface area (Å²) >= 11 is 0. The molecular formula is C14H18N2O. The zero-order chi connectivity index (χ0) is 12.1. The molecule has 0 spiro atoms. The number of nitrogens with zero attached hydrogens (tertiary/aromatic N) is 1. The Morgan fingerprint density at radius 2 is 2.00 bits per heavy atom. The van der Waals surface area contributed by atoms with Crippen molar-refractivity contribution in [3.8, 4) is 0 Å². The molecule has 90 valence electrons. The van der Waals surface area contributed by atoms with Gasteiger partial charge >= 0.3 is 0 Å². The summed E-state index contributed by atoms with van der Waals surface area (Å²) in [5.74, 6) is 0.966. The second-order valence-corrected chi connectivity index (χ2v) is 4.25. The van der Waals surface area contributed by atoms with Gasteiger partial charge in [0.1, 0.15) is 5.76 Å². The number of anilines is 1. The lowest BCUT2D eigenvalue weighted by molar-refractivity contribution is 0.483. The van der Waals surface area contributed by atoms with Gasteiger partial charge in [-0.15, -0.1) is 0 Å². The van der Waals surface area contributed by atoms with Gasteiger partial charge in [0.15, 0.2) is 0 Å². The second-order valence-electron chi connectivity index (χ2n) is 4.25. The molecule has 2 rings (SSSR count). The Bertz CT molecular complexity index is 449. The number of furan rings is 1. The zero-order valence-electron chi connectivity index (χ0n) is 10.3. The lowest BCUT2D eigenvalue weighted by Crippen LogP contribution is -2.13. The van der Waals surface area contributed by atoms with Gasteiger partial charge in [0, 0.05) is 26.3 Å². The van der Waals surface area contributed by atoms with Crippen LogP contribution in [0.1, 0.15) is 11.3 Å². The topological polar surface area (TPSA) is 28.4 Å². The average molecular weight is 230 g/mol. The maximum atomic E-state index is 5.26. The molecule has 1 N–H and O–H groups in total. The van der Waals surface area contributed by atoms with Crippen LogP contribution in [-0.2, 0) is 13.1 Å². The summed E-state index contributed by atoms with van der Waals surface area (Å²) in [5, 5.41) is 3.36. The number of rotatable bonds is 5. The van der Waals surface area contributed by atoms with Crippen LogP contribution < -0.4 is 10.2 Å². The Balaban J connectivity index is 1.88. The van der Waals surface area contributed by atoms with Crippen molar-refractivity contribution in [2.24, 2.45) is 0 Å². The summed E-state index contributed by atoms with van der Waals surface area (Å²) in [6.07, 6.45) is 1.70. The number of hydrogen-bond donors (Lipinski definition) is 1. The Morgan fingerprint density at radius 1 is 1.12 bits per heavy atom. The van der Waals surface area contributed by atoms with E-state index in [4.69, 9.17) is 4.42 Å². The van der Waals surface area contributed by atoms with Crippen molar-refractivity contribution in [1.29, 1.82) is 0 Å². The van der Waals surface area contributed by atoms with E-state index in [1.165, 1.54) is 11.3 Å². The summed E-state index contributed by atoms with van der Waals surface area (Å²) < 4.78 is 5.26. The van der Waals surface area contributed by atoms with Gasteiger partial charge in [-0.2, -0.15) is 0 Å². The van der Waals surface area contributed by atoms with Gasteiger partial charge in [-0.3, -0.25) is 0 Å². The molecule has 1 aromatic heterocycles. The highest BCUT2D eigenvalue weighted by atomic mass is 16.3. The highest BCUT2D eigenvalue weighted by molar-refractivity contribution is 5.47. The van der Waals surface area contributed by atoms with Gasteiger partial charge in [-0.1, -0.05) is 12.1 Å². The first kappa shape index (κ1) is 11.7. The van der Waals surface area contributed by atoms with Crippen LogP contribution in [0, 0.1) is 0 Å². The number of benzene rings is 1. The predicted octanol–water partition coefficient (Wildman–Crippen LogP) is 2.64. The lowest BCUT2D eigenvalue weighted by atomic mass is 10.2. The molecule has 0 aliphatic carbocycles. The lowest BCUT2D eigenvalue weighted by Gasteiger charge is -2.13. The molecule has 0 unspecified atom stereocenters. The van der Waals surface area contributed by atoms with E-state index in [1.54, 1.807) is 6.26 Å². The van der Waals surface area contributed by atoms with Crippen LogP contribution in [0.5, 0.6) is 0 Å². The molecule has 0 atom stereocenters. The average Bonchev–Trinajstić information content (AvgIpc) is 2.82. The molecule has 3 nitrogen and oxygen atoms in total. The number of nitrogens with one attached hydrogen (secondary N) is 1. The van der Waals surface area contributed by atoms with Crippen LogP contribution in [0.4, 0.5) is 5.69 Å². The van der Waals surface area contributed by atoms with E-state index in [2.05, 4.69) is 48.6 Å². The monoisotopic (exact) mass is 230 g/mol. The quantitative estimate of drug-likeness (QED) is 0.856. The van der Waals surface area contributed by atoms with Crippen molar-refractivity contribution in [2.75, 3.05) is 19.0 Å². The maximum absolute atomic E-state index is 5.26. The highest BCUT2D eigenvalue weighted by Crippen LogP contribution is 2.13. The van der Waals surface area contributed by atoms with Crippen LogP contribution in [-0.4, -0.2) is 14.1 Å². The summed E-state index contributed by atoms with van der Waals surface area (Å²) in [7, 11) is 4.10. The SMILES string of the molecule is CN(C)c1cccc(CNCc2ccco2)c1. The largest absolute Gasteiger partial charge is 0.468 e. The summed E-state index contributed by atoms with van der Waals surface area (Å²) in [4.78, 5) is 2.11. The Morgan fingerprint density at radius 3 is 2.71 bits per heavy atom. The van der Waals surface area contributed by atoms with Crippen molar-refractivity contribution < 1.29 is 4.42 Å². The van der Waals surface area contributed by atoms with E-state index in [1.807, 2.05) is 12.1 Å². The molecule has 0 fully saturated rings. The number of hydrogen-bond acceptors (Lipinski definition) is 3. The van der Waals surface area contributed by atoms with Crippen LogP contribution >= 0.6 is 0 Å². The smallest absolute Gasteiger partial charge is 0.117 e. The maximum Gasteiger partial charge on any atom is 0.117 e. The highest BCUT2D eigenvalue weighted by Gasteiger charge is 1.98. The third-order valence-electron chi connectivity index (χ3n) is 2.64. The van der Waals surface area contributed by atoms with E-state index in [0.717, 1.165) is 18.8 Å². The van der Waals surface area contributed by atoms with Crippen molar-refractivity contribution in [3.05, 3.63) is 54.0 Å². The third-order valence-corrected chi connectivity index (χ3v) is 2.64. The molecule has 0 saturated heterocycles. The van der Waals surface area contributed by atoms with Crippen molar-refractivity contribution in [1.82, 2.24) is 5.32 Å². The van der Waals surface area contributed by atoms with Crippen LogP contribution in [0.15, 0.2) is 47.1 Å². The molecule has 3 heteroatoms. The summed E-state index contributed by atoms with van der Waals surface area (Å²) in [5.41, 5.74) is 2.50. The minimum Gasteiger partial charge on any atom is -0.468 e. The first-order valence-corrected chi connectivity index (χ1v) is 5.75. The second kappa shape index (κ2) is 5.55. The fourth-order valence-corrected chi connectivity index (χ4v) is 1.69. The summed E-state index contributed by atoms with van der Waals surface area (Å²) in [6, 6.07) is 12.4. The molecule has 0 saturated carbocycles. The van der Waals surface area contributed by atoms with Gasteiger partial charge in [-0.25, -0.2) is 0 Å². The predicted molar refractivity (Wildman–Crippen MR) is 70.0 cm³/mol. The van der Waals surface area contributed by atoms with E-state index < -0.39 is 0 Å². The molecule has 0 aliphatic rings. The Labute approximate surface area is 102 Å². The van der Waals surface area contributed by atoms with Crippen molar-refractivity contribution in [2.45, 2.75) is 13.1 Å². The van der Waals surface area contributed by atoms with Gasteiger partial charge < -0.3 is 14.6 Å². The molecule has 0 radical (unpaired) electrons. The van der Waals surface area contributed by atoms with Gasteiger partial charge in [0.05, 0.1) is 12.8 Å². The van der Waals surface area contributed by atoms with Gasteiger partial charge in [0.25, 0.3) is 0 Å². The fraction of sp³-hybridized carbons (Fsp3) is 0.286. The van der Waals surface area contributed by atoms with E-state index in [-0.39, 0.29) is 0 Å².